The van der Waals surface area contributed by atoms with Crippen molar-refractivity contribution < 1.29 is 18.7 Å². The molecule has 25 heavy (non-hydrogen) atoms. The van der Waals surface area contributed by atoms with Crippen LogP contribution >= 0.6 is 15.9 Å². The van der Waals surface area contributed by atoms with Crippen LogP contribution in [0.2, 0.25) is 0 Å². The minimum absolute atomic E-state index is 0.169. The van der Waals surface area contributed by atoms with E-state index < -0.39 is 17.7 Å². The van der Waals surface area contributed by atoms with E-state index in [1.165, 1.54) is 0 Å². The molecule has 1 aromatic carbocycles. The smallest absolute Gasteiger partial charge is 0.410 e. The molecule has 1 atom stereocenters. The van der Waals surface area contributed by atoms with Crippen LogP contribution in [0.4, 0.5) is 4.79 Å². The summed E-state index contributed by atoms with van der Waals surface area (Å²) in [4.78, 5) is 27.0. The molecule has 6 heteroatoms. The predicted molar refractivity (Wildman–Crippen MR) is 98.8 cm³/mol. The molecule has 1 aliphatic rings. The van der Waals surface area contributed by atoms with Crippen molar-refractivity contribution in [3.05, 3.63) is 34.5 Å². The summed E-state index contributed by atoms with van der Waals surface area (Å²) >= 11 is 3.42. The first-order chi connectivity index (χ1) is 11.7. The third-order valence-electron chi connectivity index (χ3n) is 4.15. The molecule has 1 amide bonds. The third kappa shape index (κ3) is 4.06. The maximum absolute atomic E-state index is 13.0. The second kappa shape index (κ2) is 6.83. The van der Waals surface area contributed by atoms with Crippen molar-refractivity contribution in [3.63, 3.8) is 0 Å². The average molecular weight is 408 g/mol. The Labute approximate surface area is 155 Å². The van der Waals surface area contributed by atoms with Gasteiger partial charge in [0.1, 0.15) is 17.2 Å². The molecule has 0 N–H and O–H groups in total. The Kier molecular flexibility index (Phi) is 4.91. The zero-order valence-corrected chi connectivity index (χ0v) is 16.3. The van der Waals surface area contributed by atoms with E-state index in [-0.39, 0.29) is 11.5 Å². The number of halogens is 1. The van der Waals surface area contributed by atoms with Crippen molar-refractivity contribution in [1.82, 2.24) is 4.90 Å². The number of rotatable bonds is 2. The van der Waals surface area contributed by atoms with Gasteiger partial charge in [0.15, 0.2) is 5.76 Å². The van der Waals surface area contributed by atoms with E-state index >= 15 is 0 Å². The molecular formula is C19H22BrNO4. The first kappa shape index (κ1) is 18.0. The molecule has 0 aliphatic carbocycles. The number of ether oxygens (including phenoxy) is 1. The molecule has 2 aromatic rings. The SMILES string of the molecule is CC(C)(C)OC(=O)N1CCCCC1C(=O)c1cc2cc(Br)ccc2o1. The van der Waals surface area contributed by atoms with Crippen molar-refractivity contribution >= 4 is 38.8 Å². The molecule has 5 nitrogen and oxygen atoms in total. The van der Waals surface area contributed by atoms with E-state index in [1.807, 2.05) is 39.0 Å². The van der Waals surface area contributed by atoms with Crippen LogP contribution in [0.15, 0.2) is 33.2 Å². The normalized spacial score (nSPS) is 18.4. The lowest BCUT2D eigenvalue weighted by Gasteiger charge is -2.35. The second-order valence-electron chi connectivity index (χ2n) is 7.34. The molecule has 0 radical (unpaired) electrons. The van der Waals surface area contributed by atoms with E-state index in [4.69, 9.17) is 9.15 Å². The summed E-state index contributed by atoms with van der Waals surface area (Å²) in [6, 6.07) is 6.80. The lowest BCUT2D eigenvalue weighted by atomic mass is 9.97. The van der Waals surface area contributed by atoms with E-state index in [2.05, 4.69) is 15.9 Å². The van der Waals surface area contributed by atoms with Gasteiger partial charge >= 0.3 is 6.09 Å². The molecule has 1 aliphatic heterocycles. The van der Waals surface area contributed by atoms with Gasteiger partial charge < -0.3 is 9.15 Å². The maximum atomic E-state index is 13.0. The molecule has 0 spiro atoms. The number of benzene rings is 1. The monoisotopic (exact) mass is 407 g/mol. The van der Waals surface area contributed by atoms with Gasteiger partial charge in [0.05, 0.1) is 0 Å². The van der Waals surface area contributed by atoms with Gasteiger partial charge in [0.25, 0.3) is 0 Å². The number of piperidine rings is 1. The number of hydrogen-bond donors (Lipinski definition) is 0. The summed E-state index contributed by atoms with van der Waals surface area (Å²) in [5.74, 6) is 0.117. The number of hydrogen-bond acceptors (Lipinski definition) is 4. The fourth-order valence-electron chi connectivity index (χ4n) is 3.04. The summed E-state index contributed by atoms with van der Waals surface area (Å²) in [5.41, 5.74) is 0.0690. The average Bonchev–Trinajstić information content (AvgIpc) is 2.95. The fraction of sp³-hybridized carbons (Fsp3) is 0.474. The number of carbonyl (C=O) groups is 2. The highest BCUT2D eigenvalue weighted by molar-refractivity contribution is 9.10. The summed E-state index contributed by atoms with van der Waals surface area (Å²) in [5, 5.41) is 0.859. The largest absolute Gasteiger partial charge is 0.453 e. The number of ketones is 1. The Balaban J connectivity index is 1.85. The van der Waals surface area contributed by atoms with E-state index in [9.17, 15) is 9.59 Å². The van der Waals surface area contributed by atoms with Crippen molar-refractivity contribution in [1.29, 1.82) is 0 Å². The van der Waals surface area contributed by atoms with Gasteiger partial charge in [0.2, 0.25) is 5.78 Å². The summed E-state index contributed by atoms with van der Waals surface area (Å²) in [6.07, 6.45) is 1.96. The Hall–Kier alpha value is -1.82. The first-order valence-electron chi connectivity index (χ1n) is 8.47. The maximum Gasteiger partial charge on any atom is 0.410 e. The highest BCUT2D eigenvalue weighted by Crippen LogP contribution is 2.28. The quantitative estimate of drug-likeness (QED) is 0.644. The van der Waals surface area contributed by atoms with Gasteiger partial charge in [0, 0.05) is 16.4 Å². The molecular weight excluding hydrogens is 386 g/mol. The van der Waals surface area contributed by atoms with Gasteiger partial charge in [-0.05, 0) is 64.3 Å². The minimum atomic E-state index is -0.590. The van der Waals surface area contributed by atoms with Crippen molar-refractivity contribution in [2.75, 3.05) is 6.54 Å². The summed E-state index contributed by atoms with van der Waals surface area (Å²) in [6.45, 7) is 5.99. The molecule has 0 bridgehead atoms. The van der Waals surface area contributed by atoms with Crippen molar-refractivity contribution in [3.8, 4) is 0 Å². The fourth-order valence-corrected chi connectivity index (χ4v) is 3.42. The van der Waals surface area contributed by atoms with Gasteiger partial charge in [-0.2, -0.15) is 0 Å². The van der Waals surface area contributed by atoms with Crippen molar-refractivity contribution in [2.45, 2.75) is 51.7 Å². The number of furan rings is 1. The van der Waals surface area contributed by atoms with Crippen molar-refractivity contribution in [2.24, 2.45) is 0 Å². The number of fused-ring (bicyclic) bond motifs is 1. The van der Waals surface area contributed by atoms with Crippen LogP contribution in [0.5, 0.6) is 0 Å². The lowest BCUT2D eigenvalue weighted by molar-refractivity contribution is 0.0101. The Morgan fingerprint density at radius 2 is 2.00 bits per heavy atom. The molecule has 2 heterocycles. The number of carbonyl (C=O) groups excluding carboxylic acids is 2. The van der Waals surface area contributed by atoms with Crippen LogP contribution in [-0.4, -0.2) is 35.0 Å². The molecule has 0 saturated carbocycles. The Morgan fingerprint density at radius 1 is 1.24 bits per heavy atom. The van der Waals surface area contributed by atoms with Crippen LogP contribution in [0.3, 0.4) is 0 Å². The van der Waals surface area contributed by atoms with Crippen LogP contribution in [0.1, 0.15) is 50.6 Å². The van der Waals surface area contributed by atoms with Crippen LogP contribution in [0.25, 0.3) is 11.0 Å². The van der Waals surface area contributed by atoms with Crippen LogP contribution in [0, 0.1) is 0 Å². The molecule has 1 aromatic heterocycles. The number of likely N-dealkylation sites (tertiary alicyclic amines) is 1. The highest BCUT2D eigenvalue weighted by atomic mass is 79.9. The highest BCUT2D eigenvalue weighted by Gasteiger charge is 2.36. The number of amides is 1. The first-order valence-corrected chi connectivity index (χ1v) is 9.27. The third-order valence-corrected chi connectivity index (χ3v) is 4.65. The van der Waals surface area contributed by atoms with Crippen LogP contribution < -0.4 is 0 Å². The Morgan fingerprint density at radius 3 is 2.72 bits per heavy atom. The minimum Gasteiger partial charge on any atom is -0.453 e. The van der Waals surface area contributed by atoms with E-state index in [0.717, 1.165) is 22.7 Å². The summed E-state index contributed by atoms with van der Waals surface area (Å²) in [7, 11) is 0. The lowest BCUT2D eigenvalue weighted by Crippen LogP contribution is -2.49. The van der Waals surface area contributed by atoms with Gasteiger partial charge in [-0.1, -0.05) is 15.9 Å². The van der Waals surface area contributed by atoms with Gasteiger partial charge in [-0.15, -0.1) is 0 Å². The zero-order chi connectivity index (χ0) is 18.2. The number of Topliss-reactive ketones (excluding diaryl/α,β-unsaturated/α-hetero) is 1. The molecule has 1 saturated heterocycles. The van der Waals surface area contributed by atoms with E-state index in [1.54, 1.807) is 11.0 Å². The number of nitrogens with zero attached hydrogens (tertiary/aromatic N) is 1. The molecule has 1 fully saturated rings. The topological polar surface area (TPSA) is 59.8 Å². The van der Waals surface area contributed by atoms with Gasteiger partial charge in [-0.3, -0.25) is 9.69 Å². The molecule has 1 unspecified atom stereocenters. The molecule has 3 rings (SSSR count). The Bertz CT molecular complexity index is 805. The zero-order valence-electron chi connectivity index (χ0n) is 14.7. The van der Waals surface area contributed by atoms with Gasteiger partial charge in [-0.25, -0.2) is 4.79 Å². The summed E-state index contributed by atoms with van der Waals surface area (Å²) < 4.78 is 12.1. The standard InChI is InChI=1S/C19H22BrNO4/c1-19(2,3)25-18(23)21-9-5-4-6-14(21)17(22)16-11-12-10-13(20)7-8-15(12)24-16/h7-8,10-11,14H,4-6,9H2,1-3H3. The molecule has 134 valence electrons. The van der Waals surface area contributed by atoms with Crippen LogP contribution in [-0.2, 0) is 4.74 Å². The second-order valence-corrected chi connectivity index (χ2v) is 8.26. The predicted octanol–water partition coefficient (Wildman–Crippen LogP) is 5.17. The van der Waals surface area contributed by atoms with E-state index in [0.29, 0.717) is 18.5 Å².